The van der Waals surface area contributed by atoms with E-state index in [1.165, 1.54) is 0 Å². The van der Waals surface area contributed by atoms with Crippen LogP contribution in [0.5, 0.6) is 5.75 Å². The fraction of sp³-hybridized carbons (Fsp3) is 0.250. The summed E-state index contributed by atoms with van der Waals surface area (Å²) in [5.74, 6) is 0.854. The van der Waals surface area contributed by atoms with Gasteiger partial charge in [-0.1, -0.05) is 40.2 Å². The van der Waals surface area contributed by atoms with Crippen molar-refractivity contribution in [2.24, 2.45) is 0 Å². The van der Waals surface area contributed by atoms with Gasteiger partial charge in [0.15, 0.2) is 0 Å². The average molecular weight is 336 g/mol. The van der Waals surface area contributed by atoms with Gasteiger partial charge in [-0.2, -0.15) is 0 Å². The van der Waals surface area contributed by atoms with Crippen LogP contribution >= 0.6 is 15.9 Å². The Morgan fingerprint density at radius 3 is 2.65 bits per heavy atom. The van der Waals surface area contributed by atoms with E-state index >= 15 is 0 Å². The van der Waals surface area contributed by atoms with Gasteiger partial charge < -0.3 is 15.2 Å². The maximum atomic E-state index is 9.12. The van der Waals surface area contributed by atoms with E-state index < -0.39 is 0 Å². The Balaban J connectivity index is 1.95. The zero-order valence-corrected chi connectivity index (χ0v) is 13.0. The SMILES string of the molecule is COc1ccc(Br)c(CNCc2cccc(CO)c2)c1. The second-order valence-electron chi connectivity index (χ2n) is 4.54. The topological polar surface area (TPSA) is 41.5 Å². The number of hydrogen-bond acceptors (Lipinski definition) is 3. The van der Waals surface area contributed by atoms with Gasteiger partial charge in [-0.25, -0.2) is 0 Å². The molecule has 0 radical (unpaired) electrons. The van der Waals surface area contributed by atoms with Crippen LogP contribution in [0.3, 0.4) is 0 Å². The highest BCUT2D eigenvalue weighted by molar-refractivity contribution is 9.10. The summed E-state index contributed by atoms with van der Waals surface area (Å²) in [6.07, 6.45) is 0. The summed E-state index contributed by atoms with van der Waals surface area (Å²) in [6.45, 7) is 1.59. The Kier molecular flexibility index (Phi) is 5.59. The molecule has 0 aliphatic carbocycles. The normalized spacial score (nSPS) is 10.6. The summed E-state index contributed by atoms with van der Waals surface area (Å²) in [5, 5.41) is 12.5. The van der Waals surface area contributed by atoms with Crippen molar-refractivity contribution in [1.82, 2.24) is 5.32 Å². The Labute approximate surface area is 127 Å². The molecule has 2 aromatic carbocycles. The maximum absolute atomic E-state index is 9.12. The first-order valence-corrected chi connectivity index (χ1v) is 7.24. The number of rotatable bonds is 6. The zero-order valence-electron chi connectivity index (χ0n) is 11.4. The lowest BCUT2D eigenvalue weighted by Gasteiger charge is -2.09. The molecule has 0 spiro atoms. The van der Waals surface area contributed by atoms with E-state index in [-0.39, 0.29) is 6.61 Å². The van der Waals surface area contributed by atoms with Gasteiger partial charge in [0.05, 0.1) is 13.7 Å². The van der Waals surface area contributed by atoms with Crippen LogP contribution in [0.15, 0.2) is 46.9 Å². The summed E-state index contributed by atoms with van der Waals surface area (Å²) < 4.78 is 6.29. The molecule has 4 heteroatoms. The minimum absolute atomic E-state index is 0.0786. The molecule has 0 aliphatic heterocycles. The Morgan fingerprint density at radius 2 is 1.90 bits per heavy atom. The first-order valence-electron chi connectivity index (χ1n) is 6.44. The minimum atomic E-state index is 0.0786. The molecule has 0 saturated heterocycles. The molecule has 0 fully saturated rings. The van der Waals surface area contributed by atoms with Gasteiger partial charge in [-0.3, -0.25) is 0 Å². The molecule has 0 bridgehead atoms. The summed E-state index contributed by atoms with van der Waals surface area (Å²) in [7, 11) is 1.67. The van der Waals surface area contributed by atoms with Gasteiger partial charge in [0.25, 0.3) is 0 Å². The lowest BCUT2D eigenvalue weighted by Crippen LogP contribution is -2.13. The molecule has 0 aliphatic rings. The van der Waals surface area contributed by atoms with Gasteiger partial charge in [0.2, 0.25) is 0 Å². The Bertz CT molecular complexity index is 572. The smallest absolute Gasteiger partial charge is 0.119 e. The standard InChI is InChI=1S/C16H18BrNO2/c1-20-15-5-6-16(17)14(8-15)10-18-9-12-3-2-4-13(7-12)11-19/h2-8,18-19H,9-11H2,1H3. The lowest BCUT2D eigenvalue weighted by molar-refractivity contribution is 0.281. The highest BCUT2D eigenvalue weighted by Crippen LogP contribution is 2.22. The van der Waals surface area contributed by atoms with Crippen molar-refractivity contribution in [3.05, 3.63) is 63.6 Å². The number of nitrogens with one attached hydrogen (secondary N) is 1. The fourth-order valence-electron chi connectivity index (χ4n) is 1.99. The van der Waals surface area contributed by atoms with Crippen LogP contribution in [0, 0.1) is 0 Å². The number of benzene rings is 2. The highest BCUT2D eigenvalue weighted by atomic mass is 79.9. The number of aliphatic hydroxyl groups is 1. The molecule has 0 unspecified atom stereocenters. The number of halogens is 1. The third kappa shape index (κ3) is 4.07. The predicted octanol–water partition coefficient (Wildman–Crippen LogP) is 3.24. The number of hydrogen-bond donors (Lipinski definition) is 2. The molecule has 0 aromatic heterocycles. The van der Waals surface area contributed by atoms with Gasteiger partial charge in [-0.05, 0) is 34.9 Å². The highest BCUT2D eigenvalue weighted by Gasteiger charge is 2.02. The Hall–Kier alpha value is -1.36. The van der Waals surface area contributed by atoms with Crippen molar-refractivity contribution in [3.63, 3.8) is 0 Å². The second-order valence-corrected chi connectivity index (χ2v) is 5.39. The van der Waals surface area contributed by atoms with E-state index in [0.717, 1.165) is 40.0 Å². The molecule has 2 rings (SSSR count). The third-order valence-electron chi connectivity index (χ3n) is 3.07. The Morgan fingerprint density at radius 1 is 1.10 bits per heavy atom. The van der Waals surface area contributed by atoms with Crippen molar-refractivity contribution in [3.8, 4) is 5.75 Å². The molecular weight excluding hydrogens is 318 g/mol. The van der Waals surface area contributed by atoms with E-state index in [4.69, 9.17) is 9.84 Å². The molecule has 106 valence electrons. The number of methoxy groups -OCH3 is 1. The number of ether oxygens (including phenoxy) is 1. The first kappa shape index (κ1) is 15.0. The van der Waals surface area contributed by atoms with Crippen molar-refractivity contribution < 1.29 is 9.84 Å². The zero-order chi connectivity index (χ0) is 14.4. The van der Waals surface area contributed by atoms with Gasteiger partial charge >= 0.3 is 0 Å². The second kappa shape index (κ2) is 7.43. The van der Waals surface area contributed by atoms with Crippen LogP contribution in [-0.2, 0) is 19.7 Å². The third-order valence-corrected chi connectivity index (χ3v) is 3.85. The summed E-state index contributed by atoms with van der Waals surface area (Å²) in [4.78, 5) is 0. The molecule has 0 saturated carbocycles. The predicted molar refractivity (Wildman–Crippen MR) is 83.6 cm³/mol. The largest absolute Gasteiger partial charge is 0.497 e. The molecule has 3 nitrogen and oxygen atoms in total. The van der Waals surface area contributed by atoms with Crippen LogP contribution in [0.1, 0.15) is 16.7 Å². The van der Waals surface area contributed by atoms with Crippen LogP contribution in [0.4, 0.5) is 0 Å². The van der Waals surface area contributed by atoms with Crippen molar-refractivity contribution in [1.29, 1.82) is 0 Å². The van der Waals surface area contributed by atoms with Crippen LogP contribution < -0.4 is 10.1 Å². The molecule has 20 heavy (non-hydrogen) atoms. The average Bonchev–Trinajstić information content (AvgIpc) is 2.49. The van der Waals surface area contributed by atoms with Crippen molar-refractivity contribution >= 4 is 15.9 Å². The molecular formula is C16H18BrNO2. The quantitative estimate of drug-likeness (QED) is 0.851. The molecule has 0 heterocycles. The molecule has 2 N–H and O–H groups in total. The van der Waals surface area contributed by atoms with E-state index in [9.17, 15) is 0 Å². The molecule has 0 atom stereocenters. The van der Waals surface area contributed by atoms with Crippen molar-refractivity contribution in [2.75, 3.05) is 7.11 Å². The van der Waals surface area contributed by atoms with Crippen LogP contribution in [-0.4, -0.2) is 12.2 Å². The maximum Gasteiger partial charge on any atom is 0.119 e. The van der Waals surface area contributed by atoms with Gasteiger partial charge in [0.1, 0.15) is 5.75 Å². The summed E-state index contributed by atoms with van der Waals surface area (Å²) in [5.41, 5.74) is 3.25. The van der Waals surface area contributed by atoms with Crippen molar-refractivity contribution in [2.45, 2.75) is 19.7 Å². The number of aliphatic hydroxyl groups excluding tert-OH is 1. The van der Waals surface area contributed by atoms with E-state index in [0.29, 0.717) is 0 Å². The fourth-order valence-corrected chi connectivity index (χ4v) is 2.38. The lowest BCUT2D eigenvalue weighted by atomic mass is 10.1. The first-order chi connectivity index (χ1) is 9.72. The van der Waals surface area contributed by atoms with Gasteiger partial charge in [0, 0.05) is 17.6 Å². The van der Waals surface area contributed by atoms with E-state index in [1.54, 1.807) is 7.11 Å². The monoisotopic (exact) mass is 335 g/mol. The molecule has 2 aromatic rings. The van der Waals surface area contributed by atoms with E-state index in [1.807, 2.05) is 42.5 Å². The summed E-state index contributed by atoms with van der Waals surface area (Å²) >= 11 is 3.54. The van der Waals surface area contributed by atoms with E-state index in [2.05, 4.69) is 21.2 Å². The van der Waals surface area contributed by atoms with Gasteiger partial charge in [-0.15, -0.1) is 0 Å². The van der Waals surface area contributed by atoms with Crippen LogP contribution in [0.25, 0.3) is 0 Å². The van der Waals surface area contributed by atoms with Crippen LogP contribution in [0.2, 0.25) is 0 Å². The molecule has 0 amide bonds. The summed E-state index contributed by atoms with van der Waals surface area (Å²) in [6, 6.07) is 13.9. The minimum Gasteiger partial charge on any atom is -0.497 e.